The topological polar surface area (TPSA) is 50.7 Å². The summed E-state index contributed by atoms with van der Waals surface area (Å²) in [6, 6.07) is 8.24. The van der Waals surface area contributed by atoms with Crippen molar-refractivity contribution in [3.63, 3.8) is 0 Å². The molecule has 0 amide bonds. The minimum absolute atomic E-state index is 0.103. The first-order chi connectivity index (χ1) is 8.22. The molecule has 0 aliphatic rings. The van der Waals surface area contributed by atoms with Crippen LogP contribution in [-0.2, 0) is 0 Å². The second-order valence-corrected chi connectivity index (χ2v) is 4.03. The first kappa shape index (κ1) is 11.7. The highest BCUT2D eigenvalue weighted by Gasteiger charge is 2.09. The normalized spacial score (nSPS) is 12.4. The zero-order valence-electron chi connectivity index (χ0n) is 10.3. The third-order valence-corrected chi connectivity index (χ3v) is 2.82. The van der Waals surface area contributed by atoms with Gasteiger partial charge >= 0.3 is 0 Å². The van der Waals surface area contributed by atoms with Gasteiger partial charge in [0.25, 0.3) is 0 Å². The maximum absolute atomic E-state index is 4.54. The van der Waals surface area contributed by atoms with E-state index < -0.39 is 0 Å². The van der Waals surface area contributed by atoms with Crippen LogP contribution in [0.2, 0.25) is 0 Å². The van der Waals surface area contributed by atoms with Gasteiger partial charge in [-0.15, -0.1) is 5.10 Å². The molecule has 0 aliphatic carbocycles. The Balaban J connectivity index is 2.43. The maximum atomic E-state index is 4.54. The molecule has 4 nitrogen and oxygen atoms in total. The molecule has 1 atom stereocenters. The van der Waals surface area contributed by atoms with Gasteiger partial charge in [0, 0.05) is 5.56 Å². The lowest BCUT2D eigenvalue weighted by Crippen LogP contribution is -2.16. The number of rotatable bonds is 3. The largest absolute Gasteiger partial charge is 0.311 e. The van der Waals surface area contributed by atoms with Crippen LogP contribution in [0, 0.1) is 6.92 Å². The van der Waals surface area contributed by atoms with Crippen molar-refractivity contribution in [2.45, 2.75) is 19.9 Å². The predicted octanol–water partition coefficient (Wildman–Crippen LogP) is 2.13. The van der Waals surface area contributed by atoms with E-state index >= 15 is 0 Å². The van der Waals surface area contributed by atoms with Crippen LogP contribution in [0.4, 0.5) is 0 Å². The number of nitrogens with zero attached hydrogens (tertiary/aromatic N) is 3. The zero-order valence-corrected chi connectivity index (χ0v) is 10.3. The monoisotopic (exact) mass is 228 g/mol. The molecule has 1 heterocycles. The van der Waals surface area contributed by atoms with Crippen molar-refractivity contribution in [2.24, 2.45) is 0 Å². The summed E-state index contributed by atoms with van der Waals surface area (Å²) >= 11 is 0. The van der Waals surface area contributed by atoms with Gasteiger partial charge in [-0.2, -0.15) is 5.10 Å². The van der Waals surface area contributed by atoms with E-state index in [9.17, 15) is 0 Å². The van der Waals surface area contributed by atoms with Gasteiger partial charge in [0.05, 0.1) is 17.9 Å². The van der Waals surface area contributed by atoms with Gasteiger partial charge in [-0.05, 0) is 26.5 Å². The summed E-state index contributed by atoms with van der Waals surface area (Å²) in [7, 11) is 1.88. The van der Waals surface area contributed by atoms with Crippen LogP contribution in [0.15, 0.2) is 30.5 Å². The molecule has 0 radical (unpaired) electrons. The van der Waals surface area contributed by atoms with Crippen molar-refractivity contribution >= 4 is 0 Å². The molecule has 0 saturated carbocycles. The van der Waals surface area contributed by atoms with Crippen molar-refractivity contribution < 1.29 is 0 Å². The molecule has 2 rings (SSSR count). The average molecular weight is 228 g/mol. The van der Waals surface area contributed by atoms with Crippen LogP contribution in [0.1, 0.15) is 24.4 Å². The summed E-state index contributed by atoms with van der Waals surface area (Å²) in [5, 5.41) is 11.2. The fourth-order valence-corrected chi connectivity index (χ4v) is 1.62. The summed E-state index contributed by atoms with van der Waals surface area (Å²) in [4.78, 5) is 4.54. The van der Waals surface area contributed by atoms with Crippen molar-refractivity contribution in [2.75, 3.05) is 7.05 Å². The standard InChI is InChI=1S/C13H16N4/c1-9-6-4-5-7-11(9)12-8-15-17-13(16-12)10(2)14-3/h4-8,10,14H,1-3H3. The lowest BCUT2D eigenvalue weighted by atomic mass is 10.1. The Hall–Kier alpha value is -1.81. The molecule has 0 aliphatic heterocycles. The van der Waals surface area contributed by atoms with E-state index in [1.54, 1.807) is 6.20 Å². The predicted molar refractivity (Wildman–Crippen MR) is 67.5 cm³/mol. The molecule has 17 heavy (non-hydrogen) atoms. The average Bonchev–Trinajstić information content (AvgIpc) is 2.38. The van der Waals surface area contributed by atoms with Gasteiger partial charge in [0.2, 0.25) is 0 Å². The van der Waals surface area contributed by atoms with Crippen molar-refractivity contribution in [1.29, 1.82) is 0 Å². The summed E-state index contributed by atoms with van der Waals surface area (Å²) < 4.78 is 0. The Morgan fingerprint density at radius 2 is 2.00 bits per heavy atom. The molecule has 4 heteroatoms. The van der Waals surface area contributed by atoms with Crippen LogP contribution in [0.3, 0.4) is 0 Å². The first-order valence-electron chi connectivity index (χ1n) is 5.65. The zero-order chi connectivity index (χ0) is 12.3. The fourth-order valence-electron chi connectivity index (χ4n) is 1.62. The Morgan fingerprint density at radius 3 is 2.71 bits per heavy atom. The SMILES string of the molecule is CNC(C)c1nncc(-c2ccccc2C)n1. The number of aryl methyl sites for hydroxylation is 1. The number of aromatic nitrogens is 3. The van der Waals surface area contributed by atoms with Crippen molar-refractivity contribution in [3.05, 3.63) is 41.9 Å². The third kappa shape index (κ3) is 2.47. The Kier molecular flexibility index (Phi) is 3.44. The molecular weight excluding hydrogens is 212 g/mol. The van der Waals surface area contributed by atoms with E-state index in [2.05, 4.69) is 33.5 Å². The minimum atomic E-state index is 0.103. The lowest BCUT2D eigenvalue weighted by molar-refractivity contribution is 0.597. The van der Waals surface area contributed by atoms with Crippen LogP contribution in [0.5, 0.6) is 0 Å². The quantitative estimate of drug-likeness (QED) is 0.874. The number of hydrogen-bond acceptors (Lipinski definition) is 4. The molecule has 1 N–H and O–H groups in total. The van der Waals surface area contributed by atoms with Crippen LogP contribution < -0.4 is 5.32 Å². The molecule has 1 unspecified atom stereocenters. The molecule has 0 bridgehead atoms. The summed E-state index contributed by atoms with van der Waals surface area (Å²) in [5.74, 6) is 0.716. The molecule has 2 aromatic rings. The van der Waals surface area contributed by atoms with Crippen molar-refractivity contribution in [1.82, 2.24) is 20.5 Å². The van der Waals surface area contributed by atoms with Crippen LogP contribution >= 0.6 is 0 Å². The summed E-state index contributed by atoms with van der Waals surface area (Å²) in [6.07, 6.45) is 1.70. The van der Waals surface area contributed by atoms with Crippen LogP contribution in [-0.4, -0.2) is 22.2 Å². The molecule has 0 saturated heterocycles. The van der Waals surface area contributed by atoms with Crippen molar-refractivity contribution in [3.8, 4) is 11.3 Å². The number of benzene rings is 1. The van der Waals surface area contributed by atoms with E-state index in [-0.39, 0.29) is 6.04 Å². The number of hydrogen-bond donors (Lipinski definition) is 1. The van der Waals surface area contributed by atoms with Crippen LogP contribution in [0.25, 0.3) is 11.3 Å². The molecule has 0 fully saturated rings. The summed E-state index contributed by atoms with van der Waals surface area (Å²) in [5.41, 5.74) is 3.17. The van der Waals surface area contributed by atoms with E-state index in [1.807, 2.05) is 32.2 Å². The Morgan fingerprint density at radius 1 is 1.24 bits per heavy atom. The third-order valence-electron chi connectivity index (χ3n) is 2.82. The lowest BCUT2D eigenvalue weighted by Gasteiger charge is -2.09. The Labute approximate surface area is 101 Å². The smallest absolute Gasteiger partial charge is 0.168 e. The highest BCUT2D eigenvalue weighted by Crippen LogP contribution is 2.20. The minimum Gasteiger partial charge on any atom is -0.311 e. The maximum Gasteiger partial charge on any atom is 0.168 e. The molecule has 0 spiro atoms. The van der Waals surface area contributed by atoms with Gasteiger partial charge < -0.3 is 5.32 Å². The second kappa shape index (κ2) is 5.01. The molecule has 88 valence electrons. The first-order valence-corrected chi connectivity index (χ1v) is 5.65. The van der Waals surface area contributed by atoms with Gasteiger partial charge in [-0.25, -0.2) is 4.98 Å². The fraction of sp³-hybridized carbons (Fsp3) is 0.308. The highest BCUT2D eigenvalue weighted by atomic mass is 15.2. The van der Waals surface area contributed by atoms with Gasteiger partial charge in [0.15, 0.2) is 5.82 Å². The van der Waals surface area contributed by atoms with E-state index in [0.29, 0.717) is 5.82 Å². The molecule has 1 aromatic heterocycles. The molecule has 1 aromatic carbocycles. The van der Waals surface area contributed by atoms with E-state index in [1.165, 1.54) is 5.56 Å². The van der Waals surface area contributed by atoms with Gasteiger partial charge in [-0.3, -0.25) is 0 Å². The number of nitrogens with one attached hydrogen (secondary N) is 1. The van der Waals surface area contributed by atoms with Gasteiger partial charge in [0.1, 0.15) is 0 Å². The van der Waals surface area contributed by atoms with E-state index in [0.717, 1.165) is 11.3 Å². The van der Waals surface area contributed by atoms with E-state index in [4.69, 9.17) is 0 Å². The second-order valence-electron chi connectivity index (χ2n) is 4.03. The highest BCUT2D eigenvalue weighted by molar-refractivity contribution is 5.62. The van der Waals surface area contributed by atoms with Gasteiger partial charge in [-0.1, -0.05) is 24.3 Å². The summed E-state index contributed by atoms with van der Waals surface area (Å²) in [6.45, 7) is 4.08. The Bertz CT molecular complexity index is 510. The molecular formula is C13H16N4.